The Morgan fingerprint density at radius 2 is 1.79 bits per heavy atom. The predicted molar refractivity (Wildman–Crippen MR) is 76.6 cm³/mol. The van der Waals surface area contributed by atoms with Crippen molar-refractivity contribution in [1.29, 1.82) is 0 Å². The summed E-state index contributed by atoms with van der Waals surface area (Å²) in [6, 6.07) is 0. The van der Waals surface area contributed by atoms with Gasteiger partial charge in [-0.25, -0.2) is 4.79 Å². The van der Waals surface area contributed by atoms with Crippen LogP contribution in [-0.4, -0.2) is 30.1 Å². The summed E-state index contributed by atoms with van der Waals surface area (Å²) in [6.45, 7) is 7.01. The highest BCUT2D eigenvalue weighted by molar-refractivity contribution is 5.57. The molecule has 0 aliphatic rings. The van der Waals surface area contributed by atoms with Gasteiger partial charge in [-0.2, -0.15) is 0 Å². The zero-order valence-corrected chi connectivity index (χ0v) is 12.7. The van der Waals surface area contributed by atoms with Crippen molar-refractivity contribution in [3.8, 4) is 0 Å². The van der Waals surface area contributed by atoms with E-state index >= 15 is 0 Å². The highest BCUT2D eigenvalue weighted by Crippen LogP contribution is 2.15. The molecule has 2 unspecified atom stereocenters. The number of carboxylic acid groups (broad SMARTS) is 1. The molecule has 4 heteroatoms. The third-order valence-electron chi connectivity index (χ3n) is 3.14. The average molecular weight is 274 g/mol. The van der Waals surface area contributed by atoms with Gasteiger partial charge in [0.2, 0.25) is 0 Å². The van der Waals surface area contributed by atoms with Crippen LogP contribution in [0.4, 0.5) is 4.79 Å². The van der Waals surface area contributed by atoms with Gasteiger partial charge in [-0.1, -0.05) is 39.5 Å². The molecule has 2 atom stereocenters. The number of ether oxygens (including phenoxy) is 2. The molecule has 0 aliphatic heterocycles. The molecule has 0 aliphatic carbocycles. The van der Waals surface area contributed by atoms with E-state index in [-0.39, 0.29) is 12.2 Å². The van der Waals surface area contributed by atoms with Crippen LogP contribution in [0.3, 0.4) is 0 Å². The Morgan fingerprint density at radius 1 is 1.11 bits per heavy atom. The van der Waals surface area contributed by atoms with Gasteiger partial charge >= 0.3 is 6.16 Å². The maximum absolute atomic E-state index is 10.7. The second-order valence-corrected chi connectivity index (χ2v) is 5.13. The van der Waals surface area contributed by atoms with Gasteiger partial charge < -0.3 is 14.6 Å². The normalized spacial score (nSPS) is 14.1. The maximum atomic E-state index is 10.7. The Kier molecular flexibility index (Phi) is 11.8. The summed E-state index contributed by atoms with van der Waals surface area (Å²) in [5, 5.41) is 8.75. The van der Waals surface area contributed by atoms with E-state index in [4.69, 9.17) is 14.6 Å². The number of hydrogen-bond acceptors (Lipinski definition) is 3. The van der Waals surface area contributed by atoms with Crippen molar-refractivity contribution in [2.75, 3.05) is 6.61 Å². The molecular formula is C15H30O4. The Bertz CT molecular complexity index is 218. The lowest BCUT2D eigenvalue weighted by Gasteiger charge is -2.20. The molecule has 0 bridgehead atoms. The van der Waals surface area contributed by atoms with Crippen LogP contribution in [0.1, 0.15) is 72.1 Å². The Morgan fingerprint density at radius 3 is 2.37 bits per heavy atom. The molecule has 0 fully saturated rings. The van der Waals surface area contributed by atoms with E-state index in [2.05, 4.69) is 13.8 Å². The molecule has 0 amide bonds. The summed E-state index contributed by atoms with van der Waals surface area (Å²) in [4.78, 5) is 10.7. The van der Waals surface area contributed by atoms with Crippen molar-refractivity contribution in [2.45, 2.75) is 84.3 Å². The summed E-state index contributed by atoms with van der Waals surface area (Å²) in [6.07, 6.45) is 6.80. The standard InChI is InChI=1S/C15H30O4/c1-4-6-8-9-10-14(19-15(16)17)12-13(3)18-11-7-5-2/h13-14H,4-12H2,1-3H3,(H,16,17). The van der Waals surface area contributed by atoms with E-state index in [1.165, 1.54) is 12.8 Å². The molecule has 0 saturated heterocycles. The minimum atomic E-state index is -1.18. The van der Waals surface area contributed by atoms with Crippen molar-refractivity contribution < 1.29 is 19.4 Å². The van der Waals surface area contributed by atoms with Crippen LogP contribution in [0.5, 0.6) is 0 Å². The van der Waals surface area contributed by atoms with E-state index in [0.29, 0.717) is 6.42 Å². The first-order chi connectivity index (χ1) is 9.10. The second-order valence-electron chi connectivity index (χ2n) is 5.13. The lowest BCUT2D eigenvalue weighted by atomic mass is 10.0. The van der Waals surface area contributed by atoms with Crippen molar-refractivity contribution >= 4 is 6.16 Å². The van der Waals surface area contributed by atoms with Gasteiger partial charge in [0, 0.05) is 13.0 Å². The van der Waals surface area contributed by atoms with E-state index in [9.17, 15) is 4.79 Å². The van der Waals surface area contributed by atoms with Gasteiger partial charge in [0.1, 0.15) is 6.10 Å². The molecular weight excluding hydrogens is 244 g/mol. The third-order valence-corrected chi connectivity index (χ3v) is 3.14. The molecule has 0 aromatic rings. The monoisotopic (exact) mass is 274 g/mol. The van der Waals surface area contributed by atoms with E-state index < -0.39 is 6.16 Å². The topological polar surface area (TPSA) is 55.8 Å². The fourth-order valence-electron chi connectivity index (χ4n) is 2.03. The molecule has 0 spiro atoms. The van der Waals surface area contributed by atoms with E-state index in [1.807, 2.05) is 6.92 Å². The lowest BCUT2D eigenvalue weighted by Crippen LogP contribution is -2.23. The van der Waals surface area contributed by atoms with Crippen LogP contribution in [-0.2, 0) is 9.47 Å². The zero-order chi connectivity index (χ0) is 14.5. The number of carbonyl (C=O) groups is 1. The van der Waals surface area contributed by atoms with Gasteiger partial charge in [0.05, 0.1) is 6.10 Å². The van der Waals surface area contributed by atoms with Crippen LogP contribution in [0.25, 0.3) is 0 Å². The number of rotatable bonds is 12. The van der Waals surface area contributed by atoms with Crippen LogP contribution < -0.4 is 0 Å². The molecule has 4 nitrogen and oxygen atoms in total. The van der Waals surface area contributed by atoms with Crippen molar-refractivity contribution in [2.24, 2.45) is 0 Å². The summed E-state index contributed by atoms with van der Waals surface area (Å²) in [5.74, 6) is 0. The summed E-state index contributed by atoms with van der Waals surface area (Å²) in [5.41, 5.74) is 0. The van der Waals surface area contributed by atoms with Crippen LogP contribution in [0.2, 0.25) is 0 Å². The minimum absolute atomic E-state index is 0.0575. The summed E-state index contributed by atoms with van der Waals surface area (Å²) in [7, 11) is 0. The molecule has 0 radical (unpaired) electrons. The highest BCUT2D eigenvalue weighted by Gasteiger charge is 2.17. The molecule has 0 saturated carbocycles. The highest BCUT2D eigenvalue weighted by atomic mass is 16.7. The van der Waals surface area contributed by atoms with Crippen LogP contribution >= 0.6 is 0 Å². The van der Waals surface area contributed by atoms with Crippen LogP contribution in [0.15, 0.2) is 0 Å². The van der Waals surface area contributed by atoms with E-state index in [0.717, 1.165) is 38.7 Å². The SMILES string of the molecule is CCCCCCC(CC(C)OCCCC)OC(=O)O. The number of hydrogen-bond donors (Lipinski definition) is 1. The fourth-order valence-corrected chi connectivity index (χ4v) is 2.03. The van der Waals surface area contributed by atoms with Crippen LogP contribution in [0, 0.1) is 0 Å². The van der Waals surface area contributed by atoms with Crippen molar-refractivity contribution in [1.82, 2.24) is 0 Å². The van der Waals surface area contributed by atoms with Crippen molar-refractivity contribution in [3.05, 3.63) is 0 Å². The molecule has 0 rings (SSSR count). The van der Waals surface area contributed by atoms with Gasteiger partial charge in [0.15, 0.2) is 0 Å². The first kappa shape index (κ1) is 18.2. The first-order valence-electron chi connectivity index (χ1n) is 7.61. The quantitative estimate of drug-likeness (QED) is 0.417. The van der Waals surface area contributed by atoms with Gasteiger partial charge in [-0.3, -0.25) is 0 Å². The fraction of sp³-hybridized carbons (Fsp3) is 0.933. The smallest absolute Gasteiger partial charge is 0.450 e. The molecule has 114 valence electrons. The molecule has 0 heterocycles. The Hall–Kier alpha value is -0.770. The lowest BCUT2D eigenvalue weighted by molar-refractivity contribution is -0.00299. The van der Waals surface area contributed by atoms with Crippen molar-refractivity contribution in [3.63, 3.8) is 0 Å². The van der Waals surface area contributed by atoms with Gasteiger partial charge in [-0.15, -0.1) is 0 Å². The average Bonchev–Trinajstić information content (AvgIpc) is 2.34. The van der Waals surface area contributed by atoms with Gasteiger partial charge in [-0.05, 0) is 26.2 Å². The van der Waals surface area contributed by atoms with E-state index in [1.54, 1.807) is 0 Å². The Balaban J connectivity index is 3.92. The maximum Gasteiger partial charge on any atom is 0.506 e. The largest absolute Gasteiger partial charge is 0.506 e. The molecule has 0 aromatic carbocycles. The summed E-state index contributed by atoms with van der Waals surface area (Å²) >= 11 is 0. The zero-order valence-electron chi connectivity index (χ0n) is 12.7. The van der Waals surface area contributed by atoms with Gasteiger partial charge in [0.25, 0.3) is 0 Å². The first-order valence-corrected chi connectivity index (χ1v) is 7.61. The Labute approximate surface area is 117 Å². The summed E-state index contributed by atoms with van der Waals surface area (Å²) < 4.78 is 10.6. The molecule has 1 N–H and O–H groups in total. The second kappa shape index (κ2) is 12.3. The predicted octanol–water partition coefficient (Wildman–Crippen LogP) is 4.62. The number of unbranched alkanes of at least 4 members (excludes halogenated alkanes) is 4. The third kappa shape index (κ3) is 12.0. The minimum Gasteiger partial charge on any atom is -0.450 e. The molecule has 0 aromatic heterocycles. The molecule has 19 heavy (non-hydrogen) atoms.